The number of ether oxygens (including phenoxy) is 3. The van der Waals surface area contributed by atoms with Crippen LogP contribution in [0.2, 0.25) is 0 Å². The zero-order valence-corrected chi connectivity index (χ0v) is 25.1. The summed E-state index contributed by atoms with van der Waals surface area (Å²) in [4.78, 5) is 26.3. The van der Waals surface area contributed by atoms with Gasteiger partial charge in [-0.3, -0.25) is 0 Å². The highest BCUT2D eigenvalue weighted by atomic mass is 32.1. The monoisotopic (exact) mass is 569 g/mol. The molecule has 2 aliphatic rings. The number of hydrogen-bond acceptors (Lipinski definition) is 7. The van der Waals surface area contributed by atoms with Gasteiger partial charge in [-0.2, -0.15) is 0 Å². The number of carbonyl (C=O) groups is 2. The minimum atomic E-state index is -0.415. The molecule has 0 amide bonds. The lowest BCUT2D eigenvalue weighted by atomic mass is 9.85. The van der Waals surface area contributed by atoms with Gasteiger partial charge in [0.2, 0.25) is 0 Å². The number of benzene rings is 2. The van der Waals surface area contributed by atoms with Gasteiger partial charge >= 0.3 is 11.9 Å². The number of esters is 2. The summed E-state index contributed by atoms with van der Waals surface area (Å²) < 4.78 is 17.4. The van der Waals surface area contributed by atoms with Gasteiger partial charge in [-0.15, -0.1) is 11.3 Å². The molecule has 41 heavy (non-hydrogen) atoms. The highest BCUT2D eigenvalue weighted by Crippen LogP contribution is 2.43. The summed E-state index contributed by atoms with van der Waals surface area (Å²) in [5.41, 5.74) is 7.36. The molecule has 0 radical (unpaired) electrons. The molecule has 3 aromatic rings. The van der Waals surface area contributed by atoms with E-state index in [1.165, 1.54) is 16.9 Å². The molecule has 1 unspecified atom stereocenters. The van der Waals surface area contributed by atoms with Gasteiger partial charge in [0.15, 0.2) is 0 Å². The van der Waals surface area contributed by atoms with Crippen molar-refractivity contribution in [2.45, 2.75) is 53.2 Å². The van der Waals surface area contributed by atoms with Crippen molar-refractivity contribution in [2.24, 2.45) is 5.92 Å². The molecular formula is C34H35NO5S. The van der Waals surface area contributed by atoms with E-state index in [0.717, 1.165) is 39.9 Å². The molecular weight excluding hydrogens is 534 g/mol. The molecule has 0 fully saturated rings. The maximum Gasteiger partial charge on any atom is 0.353 e. The second-order valence-corrected chi connectivity index (χ2v) is 12.2. The second kappa shape index (κ2) is 11.4. The third-order valence-corrected chi connectivity index (χ3v) is 8.28. The van der Waals surface area contributed by atoms with Gasteiger partial charge in [0.1, 0.15) is 23.0 Å². The van der Waals surface area contributed by atoms with Crippen LogP contribution in [0.5, 0.6) is 11.5 Å². The van der Waals surface area contributed by atoms with Crippen molar-refractivity contribution in [3.63, 3.8) is 0 Å². The largest absolute Gasteiger partial charge is 0.496 e. The summed E-state index contributed by atoms with van der Waals surface area (Å²) >= 11 is 1.33. The molecule has 1 aliphatic carbocycles. The number of fused-ring (bicyclic) bond motifs is 1. The number of hydrogen-bond donors (Lipinski definition) is 1. The van der Waals surface area contributed by atoms with Crippen LogP contribution in [0, 0.1) is 5.92 Å². The van der Waals surface area contributed by atoms with Crippen molar-refractivity contribution < 1.29 is 23.8 Å². The topological polar surface area (TPSA) is 73.9 Å². The van der Waals surface area contributed by atoms with Crippen LogP contribution in [-0.4, -0.2) is 24.6 Å². The summed E-state index contributed by atoms with van der Waals surface area (Å²) in [7, 11) is 1.59. The maximum absolute atomic E-state index is 13.2. The summed E-state index contributed by atoms with van der Waals surface area (Å²) in [5.74, 6) is 0.311. The average Bonchev–Trinajstić information content (AvgIpc) is 3.46. The summed E-state index contributed by atoms with van der Waals surface area (Å²) in [5, 5.41) is 5.43. The Balaban J connectivity index is 1.53. The number of rotatable bonds is 7. The van der Waals surface area contributed by atoms with E-state index < -0.39 is 5.97 Å². The molecule has 1 aliphatic heterocycles. The van der Waals surface area contributed by atoms with Crippen molar-refractivity contribution in [3.05, 3.63) is 93.2 Å². The molecule has 2 heterocycles. The van der Waals surface area contributed by atoms with Crippen LogP contribution in [-0.2, 0) is 16.1 Å². The van der Waals surface area contributed by atoms with Crippen LogP contribution >= 0.6 is 11.3 Å². The normalized spacial score (nSPS) is 17.3. The molecule has 2 aromatic carbocycles. The Kier molecular flexibility index (Phi) is 7.91. The Morgan fingerprint density at radius 1 is 1.05 bits per heavy atom. The lowest BCUT2D eigenvalue weighted by Gasteiger charge is -2.33. The molecule has 0 saturated carbocycles. The van der Waals surface area contributed by atoms with E-state index in [0.29, 0.717) is 21.9 Å². The lowest BCUT2D eigenvalue weighted by molar-refractivity contribution is -0.140. The van der Waals surface area contributed by atoms with Crippen LogP contribution in [0.4, 0.5) is 5.69 Å². The molecule has 212 valence electrons. The van der Waals surface area contributed by atoms with E-state index in [9.17, 15) is 9.59 Å². The molecule has 0 saturated heterocycles. The molecule has 5 rings (SSSR count). The maximum atomic E-state index is 13.2. The zero-order valence-electron chi connectivity index (χ0n) is 24.3. The third-order valence-electron chi connectivity index (χ3n) is 7.43. The number of thiophene rings is 1. The predicted octanol–water partition coefficient (Wildman–Crippen LogP) is 8.21. The number of allylic oxidation sites excluding steroid dienone is 4. The molecule has 1 atom stereocenters. The van der Waals surface area contributed by atoms with E-state index in [1.54, 1.807) is 25.3 Å². The van der Waals surface area contributed by atoms with E-state index >= 15 is 0 Å². The molecule has 7 heteroatoms. The van der Waals surface area contributed by atoms with Gasteiger partial charge in [-0.05, 0) is 80.8 Å². The van der Waals surface area contributed by atoms with Crippen LogP contribution in [0.1, 0.15) is 61.8 Å². The van der Waals surface area contributed by atoms with E-state index in [1.807, 2.05) is 35.7 Å². The molecule has 0 bridgehead atoms. The fourth-order valence-corrected chi connectivity index (χ4v) is 6.26. The van der Waals surface area contributed by atoms with Crippen molar-refractivity contribution in [1.82, 2.24) is 0 Å². The van der Waals surface area contributed by atoms with Gasteiger partial charge in [0.05, 0.1) is 12.6 Å². The Labute approximate surface area is 245 Å². The van der Waals surface area contributed by atoms with Gasteiger partial charge in [-0.25, -0.2) is 9.59 Å². The smallest absolute Gasteiger partial charge is 0.353 e. The number of carbonyl (C=O) groups excluding carboxylic acids is 2. The third kappa shape index (κ3) is 6.00. The van der Waals surface area contributed by atoms with Crippen molar-refractivity contribution in [2.75, 3.05) is 12.4 Å². The molecule has 0 spiro atoms. The number of methoxy groups -OCH3 is 1. The standard InChI is InChI=1S/C34H35NO5S/c1-20-9-11-24(21(2)16-20)32(36)39-19-27-25(13-14-28-31(27)22(3)18-34(4,5)35-28)26-12-10-23(17-29(26)38-6)40-33(37)30-8-7-15-41-30/h7-15,17-18,21,35H,16,19H2,1-6H3. The first-order valence-corrected chi connectivity index (χ1v) is 14.6. The highest BCUT2D eigenvalue weighted by Gasteiger charge is 2.28. The summed E-state index contributed by atoms with van der Waals surface area (Å²) in [6, 6.07) is 13.0. The second-order valence-electron chi connectivity index (χ2n) is 11.2. The Bertz CT molecular complexity index is 1590. The Morgan fingerprint density at radius 2 is 1.83 bits per heavy atom. The first-order valence-electron chi connectivity index (χ1n) is 13.7. The summed E-state index contributed by atoms with van der Waals surface area (Å²) in [6.45, 7) is 10.5. The number of nitrogens with one attached hydrogen (secondary N) is 1. The van der Waals surface area contributed by atoms with Gasteiger partial charge in [0, 0.05) is 34.0 Å². The minimum absolute atomic E-state index is 0.0929. The first-order chi connectivity index (χ1) is 19.6. The van der Waals surface area contributed by atoms with Crippen LogP contribution < -0.4 is 14.8 Å². The van der Waals surface area contributed by atoms with Crippen molar-refractivity contribution >= 4 is 34.5 Å². The average molecular weight is 570 g/mol. The fourth-order valence-electron chi connectivity index (χ4n) is 5.66. The first kappa shape index (κ1) is 28.4. The van der Waals surface area contributed by atoms with Gasteiger partial charge in [-0.1, -0.05) is 42.9 Å². The van der Waals surface area contributed by atoms with Crippen molar-refractivity contribution in [3.8, 4) is 22.6 Å². The number of anilines is 1. The predicted molar refractivity (Wildman–Crippen MR) is 164 cm³/mol. The van der Waals surface area contributed by atoms with Gasteiger partial charge < -0.3 is 19.5 Å². The van der Waals surface area contributed by atoms with Crippen LogP contribution in [0.3, 0.4) is 0 Å². The van der Waals surface area contributed by atoms with E-state index in [4.69, 9.17) is 14.2 Å². The van der Waals surface area contributed by atoms with Crippen LogP contribution in [0.25, 0.3) is 16.7 Å². The Hall–Kier alpha value is -4.10. The minimum Gasteiger partial charge on any atom is -0.496 e. The van der Waals surface area contributed by atoms with Gasteiger partial charge in [0.25, 0.3) is 0 Å². The van der Waals surface area contributed by atoms with E-state index in [2.05, 4.69) is 52.1 Å². The van der Waals surface area contributed by atoms with Crippen molar-refractivity contribution in [1.29, 1.82) is 0 Å². The fraction of sp³-hybridized carbons (Fsp3) is 0.294. The summed E-state index contributed by atoms with van der Waals surface area (Å²) in [6.07, 6.45) is 6.90. The quantitative estimate of drug-likeness (QED) is 0.228. The zero-order chi connectivity index (χ0) is 29.3. The molecule has 1 N–H and O–H groups in total. The van der Waals surface area contributed by atoms with E-state index in [-0.39, 0.29) is 24.0 Å². The SMILES string of the molecule is COc1cc(OC(=O)c2cccs2)ccc1-c1ccc2c(c1COC(=O)C1=CC=C(C)CC1C)C(C)=CC(C)(C)N2. The highest BCUT2D eigenvalue weighted by molar-refractivity contribution is 7.12. The lowest BCUT2D eigenvalue weighted by Crippen LogP contribution is -2.32. The Morgan fingerprint density at radius 3 is 2.54 bits per heavy atom. The van der Waals surface area contributed by atoms with Crippen LogP contribution in [0.15, 0.2) is 77.2 Å². The molecule has 6 nitrogen and oxygen atoms in total. The molecule has 1 aromatic heterocycles.